The molecule has 0 aliphatic heterocycles. The Hall–Kier alpha value is -1.05. The third kappa shape index (κ3) is 5.63. The molecule has 1 rings (SSSR count). The Labute approximate surface area is 109 Å². The van der Waals surface area contributed by atoms with Gasteiger partial charge in [0.15, 0.2) is 6.10 Å². The summed E-state index contributed by atoms with van der Waals surface area (Å²) in [5.41, 5.74) is -0.160. The average Bonchev–Trinajstić information content (AvgIpc) is 2.80. The maximum Gasteiger partial charge on any atom is 0.418 e. The predicted octanol–water partition coefficient (Wildman–Crippen LogP) is 2.14. The molecule has 0 saturated carbocycles. The molecule has 0 spiro atoms. The first-order chi connectivity index (χ1) is 8.95. The van der Waals surface area contributed by atoms with E-state index < -0.39 is 12.3 Å². The van der Waals surface area contributed by atoms with Crippen LogP contribution in [0.2, 0.25) is 0 Å². The molecule has 0 bridgehead atoms. The molecule has 0 radical (unpaired) electrons. The second-order valence-electron chi connectivity index (χ2n) is 4.09. The summed E-state index contributed by atoms with van der Waals surface area (Å²) in [6.45, 7) is 2.01. The lowest BCUT2D eigenvalue weighted by Crippen LogP contribution is -2.19. The fourth-order valence-corrected chi connectivity index (χ4v) is 1.53. The number of aliphatic hydroxyl groups excluding tert-OH is 1. The number of aliphatic hydroxyl groups is 1. The number of hydrogen-bond acceptors (Lipinski definition) is 3. The summed E-state index contributed by atoms with van der Waals surface area (Å²) in [5.74, 6) is 0. The van der Waals surface area contributed by atoms with Gasteiger partial charge in [-0.15, -0.1) is 0 Å². The van der Waals surface area contributed by atoms with Crippen molar-refractivity contribution in [3.63, 3.8) is 0 Å². The van der Waals surface area contributed by atoms with Crippen molar-refractivity contribution in [1.29, 1.82) is 0 Å². The molecule has 1 aromatic rings. The van der Waals surface area contributed by atoms with E-state index in [9.17, 15) is 13.2 Å². The quantitative estimate of drug-likeness (QED) is 0.742. The van der Waals surface area contributed by atoms with Gasteiger partial charge >= 0.3 is 6.18 Å². The van der Waals surface area contributed by atoms with Crippen LogP contribution in [-0.4, -0.2) is 42.8 Å². The van der Waals surface area contributed by atoms with E-state index in [1.807, 2.05) is 0 Å². The summed E-state index contributed by atoms with van der Waals surface area (Å²) in [6.07, 6.45) is -3.53. The Kier molecular flexibility index (Phi) is 6.33. The van der Waals surface area contributed by atoms with Crippen molar-refractivity contribution in [2.45, 2.75) is 25.2 Å². The van der Waals surface area contributed by atoms with Crippen LogP contribution < -0.4 is 0 Å². The molecule has 0 aromatic carbocycles. The summed E-state index contributed by atoms with van der Waals surface area (Å²) in [6, 6.07) is 1.25. The van der Waals surface area contributed by atoms with E-state index in [0.717, 1.165) is 6.42 Å². The average molecular weight is 281 g/mol. The molecule has 1 aromatic heterocycles. The van der Waals surface area contributed by atoms with Crippen LogP contribution >= 0.6 is 0 Å². The number of halogens is 3. The van der Waals surface area contributed by atoms with Gasteiger partial charge < -0.3 is 19.1 Å². The standard InChI is InChI=1S/C12H18F3NO3/c1-18-6-2-7-19-8-5-16-4-3-10(9-16)11(17)12(13,14)15/h3-4,9,11,17H,2,5-8H2,1H3. The molecule has 0 amide bonds. The van der Waals surface area contributed by atoms with Gasteiger partial charge in [0.1, 0.15) is 0 Å². The molecule has 7 heteroatoms. The zero-order valence-corrected chi connectivity index (χ0v) is 10.7. The molecule has 1 N–H and O–H groups in total. The molecule has 0 saturated heterocycles. The van der Waals surface area contributed by atoms with Crippen molar-refractivity contribution < 1.29 is 27.8 Å². The molecule has 0 aliphatic carbocycles. The smallest absolute Gasteiger partial charge is 0.385 e. The molecule has 1 atom stereocenters. The fraction of sp³-hybridized carbons (Fsp3) is 0.667. The number of ether oxygens (including phenoxy) is 2. The number of rotatable bonds is 8. The van der Waals surface area contributed by atoms with Crippen molar-refractivity contribution in [3.05, 3.63) is 24.0 Å². The minimum atomic E-state index is -4.64. The molecule has 1 unspecified atom stereocenters. The van der Waals surface area contributed by atoms with Gasteiger partial charge in [0.05, 0.1) is 6.61 Å². The van der Waals surface area contributed by atoms with E-state index >= 15 is 0 Å². The highest BCUT2D eigenvalue weighted by atomic mass is 19.4. The van der Waals surface area contributed by atoms with Crippen molar-refractivity contribution in [1.82, 2.24) is 4.57 Å². The molecule has 1 heterocycles. The van der Waals surface area contributed by atoms with Crippen molar-refractivity contribution in [3.8, 4) is 0 Å². The SMILES string of the molecule is COCCCOCCn1ccc(C(O)C(F)(F)F)c1. The first-order valence-corrected chi connectivity index (χ1v) is 5.92. The van der Waals surface area contributed by atoms with Crippen LogP contribution in [0, 0.1) is 0 Å². The van der Waals surface area contributed by atoms with Crippen LogP contribution in [0.3, 0.4) is 0 Å². The van der Waals surface area contributed by atoms with Gasteiger partial charge in [-0.3, -0.25) is 0 Å². The second kappa shape index (κ2) is 7.52. The lowest BCUT2D eigenvalue weighted by molar-refractivity contribution is -0.206. The summed E-state index contributed by atoms with van der Waals surface area (Å²) < 4.78 is 48.5. The zero-order chi connectivity index (χ0) is 14.3. The Bertz CT molecular complexity index is 365. The monoisotopic (exact) mass is 281 g/mol. The van der Waals surface area contributed by atoms with Gasteiger partial charge in [0.25, 0.3) is 0 Å². The van der Waals surface area contributed by atoms with Crippen LogP contribution in [0.1, 0.15) is 18.1 Å². The third-order valence-corrected chi connectivity index (χ3v) is 2.53. The lowest BCUT2D eigenvalue weighted by Gasteiger charge is -2.12. The summed E-state index contributed by atoms with van der Waals surface area (Å²) in [5, 5.41) is 9.06. The molecular weight excluding hydrogens is 263 g/mol. The zero-order valence-electron chi connectivity index (χ0n) is 10.7. The first kappa shape index (κ1) is 16.0. The van der Waals surface area contributed by atoms with Gasteiger partial charge in [-0.1, -0.05) is 0 Å². The number of alkyl halides is 3. The van der Waals surface area contributed by atoms with Gasteiger partial charge in [0.2, 0.25) is 0 Å². The van der Waals surface area contributed by atoms with Crippen LogP contribution in [0.4, 0.5) is 13.2 Å². The summed E-state index contributed by atoms with van der Waals surface area (Å²) >= 11 is 0. The topological polar surface area (TPSA) is 43.6 Å². The van der Waals surface area contributed by atoms with Gasteiger partial charge in [-0.2, -0.15) is 13.2 Å². The summed E-state index contributed by atoms with van der Waals surface area (Å²) in [7, 11) is 1.60. The number of aromatic nitrogens is 1. The highest BCUT2D eigenvalue weighted by molar-refractivity contribution is 5.15. The van der Waals surface area contributed by atoms with Crippen molar-refractivity contribution >= 4 is 0 Å². The maximum absolute atomic E-state index is 12.3. The molecule has 19 heavy (non-hydrogen) atoms. The largest absolute Gasteiger partial charge is 0.418 e. The van der Waals surface area contributed by atoms with E-state index in [1.54, 1.807) is 11.7 Å². The Balaban J connectivity index is 2.31. The van der Waals surface area contributed by atoms with E-state index in [1.165, 1.54) is 18.5 Å². The molecule has 0 aliphatic rings. The number of hydrogen-bond donors (Lipinski definition) is 1. The molecule has 0 fully saturated rings. The highest BCUT2D eigenvalue weighted by Gasteiger charge is 2.39. The Morgan fingerprint density at radius 1 is 1.32 bits per heavy atom. The fourth-order valence-electron chi connectivity index (χ4n) is 1.53. The third-order valence-electron chi connectivity index (χ3n) is 2.53. The second-order valence-corrected chi connectivity index (χ2v) is 4.09. The maximum atomic E-state index is 12.3. The van der Waals surface area contributed by atoms with Crippen LogP contribution in [0.25, 0.3) is 0 Å². The first-order valence-electron chi connectivity index (χ1n) is 5.92. The van der Waals surface area contributed by atoms with Crippen LogP contribution in [-0.2, 0) is 16.0 Å². The molecule has 110 valence electrons. The Morgan fingerprint density at radius 3 is 2.68 bits per heavy atom. The van der Waals surface area contributed by atoms with E-state index in [-0.39, 0.29) is 5.56 Å². The summed E-state index contributed by atoms with van der Waals surface area (Å²) in [4.78, 5) is 0. The number of methoxy groups -OCH3 is 1. The molecular formula is C12H18F3NO3. The van der Waals surface area contributed by atoms with Crippen LogP contribution in [0.15, 0.2) is 18.5 Å². The normalized spacial score (nSPS) is 13.7. The van der Waals surface area contributed by atoms with Gasteiger partial charge in [0, 0.05) is 44.8 Å². The van der Waals surface area contributed by atoms with E-state index in [2.05, 4.69) is 0 Å². The predicted molar refractivity (Wildman–Crippen MR) is 62.8 cm³/mol. The van der Waals surface area contributed by atoms with Crippen LogP contribution in [0.5, 0.6) is 0 Å². The Morgan fingerprint density at radius 2 is 2.05 bits per heavy atom. The lowest BCUT2D eigenvalue weighted by atomic mass is 10.2. The number of nitrogens with zero attached hydrogens (tertiary/aromatic N) is 1. The molecule has 4 nitrogen and oxygen atoms in total. The highest BCUT2D eigenvalue weighted by Crippen LogP contribution is 2.32. The van der Waals surface area contributed by atoms with Gasteiger partial charge in [-0.25, -0.2) is 0 Å². The van der Waals surface area contributed by atoms with E-state index in [4.69, 9.17) is 14.6 Å². The minimum Gasteiger partial charge on any atom is -0.385 e. The minimum absolute atomic E-state index is 0.160. The van der Waals surface area contributed by atoms with Crippen molar-refractivity contribution in [2.75, 3.05) is 26.9 Å². The van der Waals surface area contributed by atoms with Crippen molar-refractivity contribution in [2.24, 2.45) is 0 Å². The van der Waals surface area contributed by atoms with E-state index in [0.29, 0.717) is 26.4 Å². The van der Waals surface area contributed by atoms with Gasteiger partial charge in [-0.05, 0) is 12.5 Å².